The van der Waals surface area contributed by atoms with Gasteiger partial charge in [0.1, 0.15) is 23.0 Å². The van der Waals surface area contributed by atoms with Crippen molar-refractivity contribution in [2.75, 3.05) is 22.7 Å². The Morgan fingerprint density at radius 2 is 2.10 bits per heavy atom. The molecule has 0 radical (unpaired) electrons. The van der Waals surface area contributed by atoms with Crippen molar-refractivity contribution in [3.8, 4) is 11.3 Å². The molecule has 12 nitrogen and oxygen atoms in total. The van der Waals surface area contributed by atoms with Crippen molar-refractivity contribution in [3.63, 3.8) is 0 Å². The van der Waals surface area contributed by atoms with Crippen LogP contribution < -0.4 is 32.6 Å². The van der Waals surface area contributed by atoms with Gasteiger partial charge in [0.2, 0.25) is 11.8 Å². The molecule has 1 atom stereocenters. The summed E-state index contributed by atoms with van der Waals surface area (Å²) in [5.41, 5.74) is 2.96. The molecule has 1 aliphatic rings. The summed E-state index contributed by atoms with van der Waals surface area (Å²) < 4.78 is 0. The van der Waals surface area contributed by atoms with Gasteiger partial charge in [-0.05, 0) is 43.2 Å². The van der Waals surface area contributed by atoms with E-state index in [1.54, 1.807) is 13.1 Å². The van der Waals surface area contributed by atoms with E-state index in [1.807, 2.05) is 30.4 Å². The van der Waals surface area contributed by atoms with E-state index in [0.717, 1.165) is 10.7 Å². The van der Waals surface area contributed by atoms with Crippen molar-refractivity contribution in [1.29, 1.82) is 0 Å². The molecule has 0 spiro atoms. The molecule has 40 heavy (non-hydrogen) atoms. The molecule has 3 heterocycles. The van der Waals surface area contributed by atoms with Gasteiger partial charge in [-0.25, -0.2) is 20.8 Å². The number of imidazole rings is 1. The third-order valence-electron chi connectivity index (χ3n) is 5.95. The highest BCUT2D eigenvalue weighted by molar-refractivity contribution is 6.32. The molecular formula is C26H28Cl2N10O2. The van der Waals surface area contributed by atoms with Crippen molar-refractivity contribution < 1.29 is 9.59 Å². The molecule has 0 saturated heterocycles. The molecule has 8 N–H and O–H groups in total. The van der Waals surface area contributed by atoms with Crippen molar-refractivity contribution in [2.45, 2.75) is 25.3 Å². The van der Waals surface area contributed by atoms with Crippen molar-refractivity contribution in [1.82, 2.24) is 20.3 Å². The number of pyridine rings is 1. The summed E-state index contributed by atoms with van der Waals surface area (Å²) in [5.74, 6) is 11.3. The van der Waals surface area contributed by atoms with Crippen LogP contribution in [-0.2, 0) is 9.59 Å². The lowest BCUT2D eigenvalue weighted by Crippen LogP contribution is -2.31. The first kappa shape index (κ1) is 28.6. The molecule has 0 saturated carbocycles. The summed E-state index contributed by atoms with van der Waals surface area (Å²) in [6.45, 7) is 0. The van der Waals surface area contributed by atoms with Crippen LogP contribution in [0.5, 0.6) is 0 Å². The Morgan fingerprint density at radius 3 is 2.88 bits per heavy atom. The molecule has 4 rings (SSSR count). The van der Waals surface area contributed by atoms with E-state index in [9.17, 15) is 9.59 Å². The average Bonchev–Trinajstić information content (AvgIpc) is 3.32. The molecule has 2 aromatic heterocycles. The van der Waals surface area contributed by atoms with Gasteiger partial charge < -0.3 is 26.8 Å². The number of allylic oxidation sites excluding steroid dienone is 1. The smallest absolute Gasteiger partial charge is 0.244 e. The largest absolute Gasteiger partial charge is 0.388 e. The van der Waals surface area contributed by atoms with Crippen LogP contribution in [0.4, 0.5) is 17.2 Å². The Labute approximate surface area is 240 Å². The molecule has 1 aromatic carbocycles. The molecule has 2 amide bonds. The maximum Gasteiger partial charge on any atom is 0.244 e. The number of fused-ring (bicyclic) bond motifs is 4. The Kier molecular flexibility index (Phi) is 9.38. The number of amides is 2. The highest BCUT2D eigenvalue weighted by Gasteiger charge is 2.22. The molecule has 0 aliphatic carbocycles. The quantitative estimate of drug-likeness (QED) is 0.0630. The molecule has 0 fully saturated rings. The number of H-pyrrole nitrogens is 1. The number of aromatic nitrogens is 3. The van der Waals surface area contributed by atoms with Gasteiger partial charge in [0.15, 0.2) is 5.82 Å². The Balaban J connectivity index is 1.64. The molecule has 208 valence electrons. The van der Waals surface area contributed by atoms with Gasteiger partial charge in [0, 0.05) is 42.6 Å². The summed E-state index contributed by atoms with van der Waals surface area (Å²) in [6.07, 6.45) is 10.5. The standard InChI is InChI=1S/C26H28Cl2N10O2/c1-31-17-8-9-18-20(12-17)35-21(39)6-4-2-3-5-19(25-36-23(18)24(28)37-25)34-22(40)10-7-15-11-16(27)13-32-26(15)38(30)14-33-29/h2-3,7-14,19,31H,4-6,29-30H2,1H3,(H,34,40)(H,35,39)(H,36,37)/b3-2+,10-7+,33-14-/t19-/m0/s1. The van der Waals surface area contributed by atoms with Gasteiger partial charge in [-0.2, -0.15) is 5.10 Å². The summed E-state index contributed by atoms with van der Waals surface area (Å²) in [5, 5.41) is 14.1. The third kappa shape index (κ3) is 6.97. The fourth-order valence-electron chi connectivity index (χ4n) is 4.04. The number of hydrogen-bond donors (Lipinski definition) is 6. The summed E-state index contributed by atoms with van der Waals surface area (Å²) >= 11 is 12.7. The van der Waals surface area contributed by atoms with Crippen LogP contribution in [0, 0.1) is 0 Å². The topological polar surface area (TPSA) is 179 Å². The van der Waals surface area contributed by atoms with E-state index in [2.05, 4.69) is 31.0 Å². The lowest BCUT2D eigenvalue weighted by Gasteiger charge is -2.15. The first-order valence-corrected chi connectivity index (χ1v) is 13.0. The molecule has 0 unspecified atom stereocenters. The number of nitrogens with zero attached hydrogens (tertiary/aromatic N) is 4. The second kappa shape index (κ2) is 13.1. The SMILES string of the molecule is CNc1ccc2c(c1)NC(=O)CC/C=C/C[C@H](NC(=O)/C=C/c1cc(Cl)cnc1N(N)/C=N\N)c1nc-2c(Cl)[nH]1. The average molecular weight is 583 g/mol. The number of hydrogen-bond acceptors (Lipinski definition) is 8. The summed E-state index contributed by atoms with van der Waals surface area (Å²) in [7, 11) is 1.79. The fraction of sp³-hybridized carbons (Fsp3) is 0.192. The molecular weight excluding hydrogens is 555 g/mol. The molecule has 1 aliphatic heterocycles. The van der Waals surface area contributed by atoms with E-state index in [4.69, 9.17) is 39.9 Å². The predicted octanol–water partition coefficient (Wildman–Crippen LogP) is 3.95. The van der Waals surface area contributed by atoms with Crippen LogP contribution in [-0.4, -0.2) is 40.2 Å². The second-order valence-electron chi connectivity index (χ2n) is 8.72. The van der Waals surface area contributed by atoms with Gasteiger partial charge in [0.05, 0.1) is 16.8 Å². The fourth-order valence-corrected chi connectivity index (χ4v) is 4.44. The van der Waals surface area contributed by atoms with Crippen molar-refractivity contribution in [3.05, 3.63) is 70.3 Å². The van der Waals surface area contributed by atoms with E-state index in [1.165, 1.54) is 24.7 Å². The number of aromatic amines is 1. The maximum absolute atomic E-state index is 13.0. The van der Waals surface area contributed by atoms with Crippen LogP contribution >= 0.6 is 23.2 Å². The maximum atomic E-state index is 13.0. The van der Waals surface area contributed by atoms with Crippen LogP contribution in [0.2, 0.25) is 10.2 Å². The van der Waals surface area contributed by atoms with Crippen LogP contribution in [0.25, 0.3) is 17.3 Å². The number of halogens is 2. The zero-order valence-corrected chi connectivity index (χ0v) is 23.0. The monoisotopic (exact) mass is 582 g/mol. The number of carbonyl (C=O) groups excluding carboxylic acids is 2. The third-order valence-corrected chi connectivity index (χ3v) is 6.43. The highest BCUT2D eigenvalue weighted by atomic mass is 35.5. The normalized spacial score (nSPS) is 16.4. The van der Waals surface area contributed by atoms with E-state index in [0.29, 0.717) is 58.4 Å². The number of hydrazine groups is 1. The molecule has 3 aromatic rings. The number of carbonyl (C=O) groups is 2. The number of nitrogens with one attached hydrogen (secondary N) is 4. The van der Waals surface area contributed by atoms with Gasteiger partial charge in [-0.1, -0.05) is 35.4 Å². The van der Waals surface area contributed by atoms with Crippen LogP contribution in [0.15, 0.2) is 53.8 Å². The van der Waals surface area contributed by atoms with Gasteiger partial charge >= 0.3 is 0 Å². The van der Waals surface area contributed by atoms with Gasteiger partial charge in [-0.15, -0.1) is 0 Å². The first-order chi connectivity index (χ1) is 19.3. The second-order valence-corrected chi connectivity index (χ2v) is 9.54. The molecule has 14 heteroatoms. The minimum atomic E-state index is -0.545. The number of nitrogens with two attached hydrogens (primary N) is 2. The van der Waals surface area contributed by atoms with Gasteiger partial charge in [-0.3, -0.25) is 9.59 Å². The summed E-state index contributed by atoms with van der Waals surface area (Å²) in [6, 6.07) is 6.56. The van der Waals surface area contributed by atoms with Crippen molar-refractivity contribution in [2.24, 2.45) is 16.8 Å². The number of anilines is 3. The lowest BCUT2D eigenvalue weighted by molar-refractivity contribution is -0.117. The minimum Gasteiger partial charge on any atom is -0.388 e. The zero-order chi connectivity index (χ0) is 28.6. The first-order valence-electron chi connectivity index (χ1n) is 12.2. The molecule has 2 bridgehead atoms. The highest BCUT2D eigenvalue weighted by Crippen LogP contribution is 2.35. The van der Waals surface area contributed by atoms with E-state index in [-0.39, 0.29) is 11.1 Å². The van der Waals surface area contributed by atoms with Crippen molar-refractivity contribution >= 4 is 64.6 Å². The Hall–Kier alpha value is -4.39. The lowest BCUT2D eigenvalue weighted by atomic mass is 10.1. The number of benzene rings is 1. The van der Waals surface area contributed by atoms with Gasteiger partial charge in [0.25, 0.3) is 0 Å². The Bertz CT molecular complexity index is 1480. The van der Waals surface area contributed by atoms with Crippen LogP contribution in [0.3, 0.4) is 0 Å². The predicted molar refractivity (Wildman–Crippen MR) is 159 cm³/mol. The summed E-state index contributed by atoms with van der Waals surface area (Å²) in [4.78, 5) is 37.6. The number of rotatable bonds is 6. The zero-order valence-electron chi connectivity index (χ0n) is 21.5. The number of hydrazone groups is 1. The minimum absolute atomic E-state index is 0.135. The van der Waals surface area contributed by atoms with E-state index < -0.39 is 11.9 Å². The van der Waals surface area contributed by atoms with E-state index >= 15 is 0 Å². The van der Waals surface area contributed by atoms with Crippen LogP contribution in [0.1, 0.15) is 36.7 Å². The Morgan fingerprint density at radius 1 is 1.27 bits per heavy atom.